The Balaban J connectivity index is 1.79. The van der Waals surface area contributed by atoms with Gasteiger partial charge in [-0.05, 0) is 37.6 Å². The van der Waals surface area contributed by atoms with Crippen LogP contribution in [-0.2, 0) is 11.3 Å². The summed E-state index contributed by atoms with van der Waals surface area (Å²) < 4.78 is 0. The summed E-state index contributed by atoms with van der Waals surface area (Å²) in [5, 5.41) is 3.29. The molecule has 4 heteroatoms. The van der Waals surface area contributed by atoms with Crippen molar-refractivity contribution in [2.75, 3.05) is 20.1 Å². The molecule has 1 aliphatic rings. The van der Waals surface area contributed by atoms with Crippen LogP contribution in [0.15, 0.2) is 18.3 Å². The molecule has 2 N–H and O–H groups in total. The fourth-order valence-corrected chi connectivity index (χ4v) is 2.10. The second-order valence-corrected chi connectivity index (χ2v) is 4.51. The number of amides is 1. The van der Waals surface area contributed by atoms with E-state index in [0.717, 1.165) is 25.2 Å². The van der Waals surface area contributed by atoms with Gasteiger partial charge in [-0.2, -0.15) is 0 Å². The molecule has 0 saturated carbocycles. The van der Waals surface area contributed by atoms with Gasteiger partial charge < -0.3 is 15.2 Å². The number of carbonyl (C=O) groups excluding carboxylic acids is 1. The number of nitrogens with one attached hydrogen (secondary N) is 2. The van der Waals surface area contributed by atoms with E-state index < -0.39 is 0 Å². The van der Waals surface area contributed by atoms with Crippen LogP contribution in [0.2, 0.25) is 0 Å². The molecule has 88 valence electrons. The second-order valence-electron chi connectivity index (χ2n) is 4.51. The molecule has 1 amide bonds. The highest BCUT2D eigenvalue weighted by atomic mass is 16.2. The van der Waals surface area contributed by atoms with Gasteiger partial charge in [-0.1, -0.05) is 0 Å². The summed E-state index contributed by atoms with van der Waals surface area (Å²) >= 11 is 0. The smallest absolute Gasteiger partial charge is 0.222 e. The SMILES string of the molecule is CN(Cc1ccc[nH]1)C(=O)CC1CCNC1. The molecule has 0 bridgehead atoms. The van der Waals surface area contributed by atoms with Gasteiger partial charge in [0.2, 0.25) is 5.91 Å². The molecule has 4 nitrogen and oxygen atoms in total. The fourth-order valence-electron chi connectivity index (χ4n) is 2.10. The molecule has 1 aliphatic heterocycles. The van der Waals surface area contributed by atoms with Crippen molar-refractivity contribution in [3.05, 3.63) is 24.0 Å². The number of rotatable bonds is 4. The largest absolute Gasteiger partial charge is 0.364 e. The third kappa shape index (κ3) is 2.85. The average Bonchev–Trinajstić information content (AvgIpc) is 2.90. The first-order chi connectivity index (χ1) is 7.75. The topological polar surface area (TPSA) is 48.1 Å². The first-order valence-corrected chi connectivity index (χ1v) is 5.82. The maximum absolute atomic E-state index is 11.9. The molecule has 2 rings (SSSR count). The summed E-state index contributed by atoms with van der Waals surface area (Å²) in [6.45, 7) is 2.71. The maximum Gasteiger partial charge on any atom is 0.222 e. The Hall–Kier alpha value is -1.29. The lowest BCUT2D eigenvalue weighted by molar-refractivity contribution is -0.131. The van der Waals surface area contributed by atoms with E-state index in [1.165, 1.54) is 0 Å². The second kappa shape index (κ2) is 5.16. The van der Waals surface area contributed by atoms with Gasteiger partial charge >= 0.3 is 0 Å². The molecule has 0 radical (unpaired) electrons. The van der Waals surface area contributed by atoms with Gasteiger partial charge in [-0.15, -0.1) is 0 Å². The maximum atomic E-state index is 11.9. The van der Waals surface area contributed by atoms with E-state index in [4.69, 9.17) is 0 Å². The Morgan fingerprint density at radius 2 is 2.50 bits per heavy atom. The van der Waals surface area contributed by atoms with Crippen LogP contribution in [0.3, 0.4) is 0 Å². The van der Waals surface area contributed by atoms with Crippen molar-refractivity contribution in [1.29, 1.82) is 0 Å². The lowest BCUT2D eigenvalue weighted by Gasteiger charge is -2.18. The molecule has 0 spiro atoms. The minimum atomic E-state index is 0.239. The van der Waals surface area contributed by atoms with E-state index in [2.05, 4.69) is 10.3 Å². The summed E-state index contributed by atoms with van der Waals surface area (Å²) in [5.74, 6) is 0.766. The molecule has 0 aromatic carbocycles. The number of aromatic nitrogens is 1. The van der Waals surface area contributed by atoms with Gasteiger partial charge in [-0.3, -0.25) is 4.79 Å². The molecule has 1 aromatic heterocycles. The molecule has 1 saturated heterocycles. The summed E-state index contributed by atoms with van der Waals surface area (Å²) in [7, 11) is 1.87. The number of carbonyl (C=O) groups is 1. The first kappa shape index (κ1) is 11.2. The molecule has 1 aromatic rings. The number of hydrogen-bond donors (Lipinski definition) is 2. The Kier molecular flexibility index (Phi) is 3.62. The van der Waals surface area contributed by atoms with E-state index in [1.807, 2.05) is 25.4 Å². The third-order valence-electron chi connectivity index (χ3n) is 3.12. The van der Waals surface area contributed by atoms with E-state index in [9.17, 15) is 4.79 Å². The van der Waals surface area contributed by atoms with Crippen molar-refractivity contribution in [3.8, 4) is 0 Å². The van der Waals surface area contributed by atoms with Gasteiger partial charge in [0.05, 0.1) is 6.54 Å². The predicted molar refractivity (Wildman–Crippen MR) is 62.9 cm³/mol. The minimum Gasteiger partial charge on any atom is -0.364 e. The molecule has 16 heavy (non-hydrogen) atoms. The lowest BCUT2D eigenvalue weighted by Crippen LogP contribution is -2.28. The van der Waals surface area contributed by atoms with Crippen molar-refractivity contribution < 1.29 is 4.79 Å². The van der Waals surface area contributed by atoms with E-state index in [1.54, 1.807) is 4.90 Å². The van der Waals surface area contributed by atoms with E-state index >= 15 is 0 Å². The van der Waals surface area contributed by atoms with E-state index in [-0.39, 0.29) is 5.91 Å². The molecule has 0 aliphatic carbocycles. The van der Waals surface area contributed by atoms with Crippen LogP contribution >= 0.6 is 0 Å². The molecule has 1 unspecified atom stereocenters. The number of hydrogen-bond acceptors (Lipinski definition) is 2. The zero-order valence-electron chi connectivity index (χ0n) is 9.70. The van der Waals surface area contributed by atoms with Crippen LogP contribution in [0.5, 0.6) is 0 Å². The van der Waals surface area contributed by atoms with Crippen molar-refractivity contribution in [2.45, 2.75) is 19.4 Å². The standard InChI is InChI=1S/C12H19N3O/c1-15(9-11-3-2-5-14-11)12(16)7-10-4-6-13-8-10/h2-3,5,10,13-14H,4,6-9H2,1H3. The number of aromatic amines is 1. The highest BCUT2D eigenvalue weighted by molar-refractivity contribution is 5.76. The Morgan fingerprint density at radius 1 is 1.62 bits per heavy atom. The summed E-state index contributed by atoms with van der Waals surface area (Å²) in [6.07, 6.45) is 3.68. The van der Waals surface area contributed by atoms with Crippen molar-refractivity contribution >= 4 is 5.91 Å². The Bertz CT molecular complexity index is 328. The minimum absolute atomic E-state index is 0.239. The summed E-state index contributed by atoms with van der Waals surface area (Å²) in [6, 6.07) is 3.95. The van der Waals surface area contributed by atoms with Gasteiger partial charge in [0, 0.05) is 25.4 Å². The third-order valence-corrected chi connectivity index (χ3v) is 3.12. The molecule has 2 heterocycles. The van der Waals surface area contributed by atoms with E-state index in [0.29, 0.717) is 18.9 Å². The average molecular weight is 221 g/mol. The van der Waals surface area contributed by atoms with Crippen LogP contribution in [0.25, 0.3) is 0 Å². The van der Waals surface area contributed by atoms with Crippen LogP contribution in [0.1, 0.15) is 18.5 Å². The van der Waals surface area contributed by atoms with Gasteiger partial charge in [-0.25, -0.2) is 0 Å². The summed E-state index contributed by atoms with van der Waals surface area (Å²) in [5.41, 5.74) is 1.08. The van der Waals surface area contributed by atoms with Crippen LogP contribution < -0.4 is 5.32 Å². The Morgan fingerprint density at radius 3 is 3.12 bits per heavy atom. The quantitative estimate of drug-likeness (QED) is 0.796. The van der Waals surface area contributed by atoms with Crippen LogP contribution in [-0.4, -0.2) is 35.9 Å². The van der Waals surface area contributed by atoms with Gasteiger partial charge in [0.1, 0.15) is 0 Å². The normalized spacial score (nSPS) is 19.9. The number of H-pyrrole nitrogens is 1. The number of nitrogens with zero attached hydrogens (tertiary/aromatic N) is 1. The predicted octanol–water partition coefficient (Wildman–Crippen LogP) is 0.973. The van der Waals surface area contributed by atoms with Gasteiger partial charge in [0.25, 0.3) is 0 Å². The van der Waals surface area contributed by atoms with Crippen molar-refractivity contribution in [1.82, 2.24) is 15.2 Å². The first-order valence-electron chi connectivity index (χ1n) is 5.82. The summed E-state index contributed by atoms with van der Waals surface area (Å²) in [4.78, 5) is 16.8. The van der Waals surface area contributed by atoms with Crippen molar-refractivity contribution in [2.24, 2.45) is 5.92 Å². The molecular weight excluding hydrogens is 202 g/mol. The Labute approximate surface area is 96.0 Å². The van der Waals surface area contributed by atoms with Crippen LogP contribution in [0.4, 0.5) is 0 Å². The zero-order valence-corrected chi connectivity index (χ0v) is 9.70. The molecule has 1 fully saturated rings. The monoisotopic (exact) mass is 221 g/mol. The highest BCUT2D eigenvalue weighted by Crippen LogP contribution is 2.14. The fraction of sp³-hybridized carbons (Fsp3) is 0.583. The van der Waals surface area contributed by atoms with Crippen molar-refractivity contribution in [3.63, 3.8) is 0 Å². The lowest BCUT2D eigenvalue weighted by atomic mass is 10.0. The van der Waals surface area contributed by atoms with Gasteiger partial charge in [0.15, 0.2) is 0 Å². The molecule has 1 atom stereocenters. The van der Waals surface area contributed by atoms with Crippen LogP contribution in [0, 0.1) is 5.92 Å². The highest BCUT2D eigenvalue weighted by Gasteiger charge is 2.20. The zero-order chi connectivity index (χ0) is 11.4. The molecular formula is C12H19N3O.